The zero-order valence-corrected chi connectivity index (χ0v) is 9.23. The Bertz CT molecular complexity index is 379. The van der Waals surface area contributed by atoms with Crippen molar-refractivity contribution in [2.45, 2.75) is 13.5 Å². The van der Waals surface area contributed by atoms with Crippen molar-refractivity contribution >= 4 is 11.9 Å². The standard InChI is InChI=1S/C11H16N4O/c1-2-14-10(16)9-5-3-8(4-6-9)7-15-11(12)13/h3-6H,2,7H2,1H3,(H,14,16)(H4,12,13,15). The third-order valence-corrected chi connectivity index (χ3v) is 2.00. The summed E-state index contributed by atoms with van der Waals surface area (Å²) in [6.45, 7) is 2.93. The summed E-state index contributed by atoms with van der Waals surface area (Å²) in [7, 11) is 0. The molecule has 0 atom stereocenters. The summed E-state index contributed by atoms with van der Waals surface area (Å²) >= 11 is 0. The molecular weight excluding hydrogens is 204 g/mol. The van der Waals surface area contributed by atoms with E-state index in [9.17, 15) is 4.79 Å². The lowest BCUT2D eigenvalue weighted by molar-refractivity contribution is 0.0956. The van der Waals surface area contributed by atoms with Crippen LogP contribution in [0.4, 0.5) is 0 Å². The number of hydrogen-bond donors (Lipinski definition) is 3. The molecule has 0 saturated heterocycles. The molecule has 5 heteroatoms. The van der Waals surface area contributed by atoms with Crippen molar-refractivity contribution < 1.29 is 4.79 Å². The van der Waals surface area contributed by atoms with Gasteiger partial charge in [-0.3, -0.25) is 4.79 Å². The maximum Gasteiger partial charge on any atom is 0.251 e. The van der Waals surface area contributed by atoms with Gasteiger partial charge in [-0.2, -0.15) is 0 Å². The molecule has 5 nitrogen and oxygen atoms in total. The third kappa shape index (κ3) is 3.61. The van der Waals surface area contributed by atoms with Crippen molar-refractivity contribution in [2.24, 2.45) is 16.5 Å². The van der Waals surface area contributed by atoms with Gasteiger partial charge < -0.3 is 16.8 Å². The number of nitrogens with zero attached hydrogens (tertiary/aromatic N) is 1. The quantitative estimate of drug-likeness (QED) is 0.500. The Hall–Kier alpha value is -2.04. The molecule has 0 spiro atoms. The second-order valence-electron chi connectivity index (χ2n) is 3.30. The van der Waals surface area contributed by atoms with Crippen LogP contribution in [0.2, 0.25) is 0 Å². The Morgan fingerprint density at radius 1 is 1.31 bits per heavy atom. The maximum absolute atomic E-state index is 11.4. The van der Waals surface area contributed by atoms with Crippen molar-refractivity contribution in [2.75, 3.05) is 6.54 Å². The first-order valence-corrected chi connectivity index (χ1v) is 5.06. The number of guanidine groups is 1. The van der Waals surface area contributed by atoms with Crippen LogP contribution in [0.1, 0.15) is 22.8 Å². The molecule has 1 rings (SSSR count). The van der Waals surface area contributed by atoms with Crippen LogP contribution >= 0.6 is 0 Å². The third-order valence-electron chi connectivity index (χ3n) is 2.00. The van der Waals surface area contributed by atoms with Crippen LogP contribution in [0.15, 0.2) is 29.3 Å². The van der Waals surface area contributed by atoms with E-state index in [1.807, 2.05) is 19.1 Å². The van der Waals surface area contributed by atoms with E-state index in [2.05, 4.69) is 10.3 Å². The summed E-state index contributed by atoms with van der Waals surface area (Å²) in [4.78, 5) is 15.3. The molecule has 0 bridgehead atoms. The number of nitrogens with one attached hydrogen (secondary N) is 1. The average Bonchev–Trinajstić information content (AvgIpc) is 2.27. The van der Waals surface area contributed by atoms with Gasteiger partial charge >= 0.3 is 0 Å². The molecular formula is C11H16N4O. The van der Waals surface area contributed by atoms with E-state index >= 15 is 0 Å². The normalized spacial score (nSPS) is 9.56. The van der Waals surface area contributed by atoms with Gasteiger partial charge in [0.1, 0.15) is 0 Å². The summed E-state index contributed by atoms with van der Waals surface area (Å²) in [6, 6.07) is 7.17. The Balaban J connectivity index is 2.68. The Labute approximate surface area is 94.5 Å². The second-order valence-corrected chi connectivity index (χ2v) is 3.30. The van der Waals surface area contributed by atoms with E-state index < -0.39 is 0 Å². The van der Waals surface area contributed by atoms with Crippen LogP contribution < -0.4 is 16.8 Å². The highest BCUT2D eigenvalue weighted by atomic mass is 16.1. The number of aliphatic imine (C=N–C) groups is 1. The molecule has 0 aromatic heterocycles. The van der Waals surface area contributed by atoms with Crippen LogP contribution in [0.5, 0.6) is 0 Å². The van der Waals surface area contributed by atoms with E-state index in [1.54, 1.807) is 12.1 Å². The Morgan fingerprint density at radius 3 is 2.44 bits per heavy atom. The van der Waals surface area contributed by atoms with Gasteiger partial charge in [0.2, 0.25) is 0 Å². The molecule has 0 saturated carbocycles. The fourth-order valence-electron chi connectivity index (χ4n) is 1.21. The number of carbonyl (C=O) groups is 1. The first-order chi connectivity index (χ1) is 7.63. The molecule has 0 aliphatic rings. The SMILES string of the molecule is CCNC(=O)c1ccc(CN=C(N)N)cc1. The van der Waals surface area contributed by atoms with Crippen molar-refractivity contribution in [3.05, 3.63) is 35.4 Å². The van der Waals surface area contributed by atoms with Crippen molar-refractivity contribution in [3.8, 4) is 0 Å². The van der Waals surface area contributed by atoms with Gasteiger partial charge in [0.05, 0.1) is 6.54 Å². The van der Waals surface area contributed by atoms with Gasteiger partial charge in [-0.25, -0.2) is 4.99 Å². The Morgan fingerprint density at radius 2 is 1.94 bits per heavy atom. The van der Waals surface area contributed by atoms with Crippen molar-refractivity contribution in [3.63, 3.8) is 0 Å². The largest absolute Gasteiger partial charge is 0.370 e. The van der Waals surface area contributed by atoms with Gasteiger partial charge in [-0.1, -0.05) is 12.1 Å². The van der Waals surface area contributed by atoms with Crippen LogP contribution in [0.3, 0.4) is 0 Å². The number of hydrogen-bond acceptors (Lipinski definition) is 2. The van der Waals surface area contributed by atoms with Crippen molar-refractivity contribution in [1.82, 2.24) is 5.32 Å². The monoisotopic (exact) mass is 220 g/mol. The number of nitrogens with two attached hydrogens (primary N) is 2. The van der Waals surface area contributed by atoms with E-state index in [4.69, 9.17) is 11.5 Å². The van der Waals surface area contributed by atoms with Crippen LogP contribution in [-0.4, -0.2) is 18.4 Å². The lowest BCUT2D eigenvalue weighted by atomic mass is 10.1. The molecule has 86 valence electrons. The molecule has 16 heavy (non-hydrogen) atoms. The topological polar surface area (TPSA) is 93.5 Å². The van der Waals surface area contributed by atoms with Crippen LogP contribution in [-0.2, 0) is 6.54 Å². The maximum atomic E-state index is 11.4. The van der Waals surface area contributed by atoms with Crippen LogP contribution in [0, 0.1) is 0 Å². The molecule has 0 unspecified atom stereocenters. The highest BCUT2D eigenvalue weighted by Gasteiger charge is 2.02. The predicted octanol–water partition coefficient (Wildman–Crippen LogP) is 0.210. The lowest BCUT2D eigenvalue weighted by Crippen LogP contribution is -2.23. The zero-order chi connectivity index (χ0) is 12.0. The highest BCUT2D eigenvalue weighted by molar-refractivity contribution is 5.94. The first-order valence-electron chi connectivity index (χ1n) is 5.06. The fourth-order valence-corrected chi connectivity index (χ4v) is 1.21. The molecule has 0 fully saturated rings. The molecule has 5 N–H and O–H groups in total. The van der Waals surface area contributed by atoms with Gasteiger partial charge in [-0.05, 0) is 24.6 Å². The predicted molar refractivity (Wildman–Crippen MR) is 64.0 cm³/mol. The molecule has 1 amide bonds. The van der Waals surface area contributed by atoms with E-state index in [0.717, 1.165) is 5.56 Å². The molecule has 1 aromatic carbocycles. The average molecular weight is 220 g/mol. The highest BCUT2D eigenvalue weighted by Crippen LogP contribution is 2.05. The van der Waals surface area contributed by atoms with E-state index in [0.29, 0.717) is 18.7 Å². The summed E-state index contributed by atoms with van der Waals surface area (Å²) in [5.41, 5.74) is 12.0. The number of rotatable bonds is 4. The fraction of sp³-hybridized carbons (Fsp3) is 0.273. The molecule has 0 aliphatic heterocycles. The summed E-state index contributed by atoms with van der Waals surface area (Å²) in [5.74, 6) is -0.0105. The minimum Gasteiger partial charge on any atom is -0.370 e. The summed E-state index contributed by atoms with van der Waals surface area (Å²) < 4.78 is 0. The van der Waals surface area contributed by atoms with Gasteiger partial charge in [0.25, 0.3) is 5.91 Å². The van der Waals surface area contributed by atoms with E-state index in [-0.39, 0.29) is 11.9 Å². The summed E-state index contributed by atoms with van der Waals surface area (Å²) in [6.07, 6.45) is 0. The van der Waals surface area contributed by atoms with Gasteiger partial charge in [0.15, 0.2) is 5.96 Å². The van der Waals surface area contributed by atoms with Crippen LogP contribution in [0.25, 0.3) is 0 Å². The lowest BCUT2D eigenvalue weighted by Gasteiger charge is -2.03. The zero-order valence-electron chi connectivity index (χ0n) is 9.23. The molecule has 0 radical (unpaired) electrons. The molecule has 1 aromatic rings. The summed E-state index contributed by atoms with van der Waals surface area (Å²) in [5, 5.41) is 2.73. The second kappa shape index (κ2) is 5.75. The molecule has 0 aliphatic carbocycles. The Kier molecular flexibility index (Phi) is 4.32. The minimum absolute atomic E-state index is 0.0628. The minimum atomic E-state index is -0.0732. The number of benzene rings is 1. The van der Waals surface area contributed by atoms with Gasteiger partial charge in [-0.15, -0.1) is 0 Å². The van der Waals surface area contributed by atoms with Gasteiger partial charge in [0, 0.05) is 12.1 Å². The van der Waals surface area contributed by atoms with Crippen molar-refractivity contribution in [1.29, 1.82) is 0 Å². The first kappa shape index (κ1) is 12.0. The number of amides is 1. The van der Waals surface area contributed by atoms with E-state index in [1.165, 1.54) is 0 Å². The number of carbonyl (C=O) groups excluding carboxylic acids is 1. The smallest absolute Gasteiger partial charge is 0.251 e. The molecule has 0 heterocycles.